The summed E-state index contributed by atoms with van der Waals surface area (Å²) in [6.45, 7) is 3.26. The van der Waals surface area contributed by atoms with E-state index in [0.717, 1.165) is 34.4 Å². The Kier molecular flexibility index (Phi) is 6.86. The van der Waals surface area contributed by atoms with E-state index in [1.165, 1.54) is 0 Å². The highest BCUT2D eigenvalue weighted by atomic mass is 32.1. The van der Waals surface area contributed by atoms with Gasteiger partial charge in [-0.25, -0.2) is 14.7 Å². The van der Waals surface area contributed by atoms with Crippen molar-refractivity contribution in [2.24, 2.45) is 4.99 Å². The molecule has 0 saturated carbocycles. The SMILES string of the molecule is CCNC(=NCc1nc(C(F)(F)F)cs1)NCCc1cnn(-c2ccccc2)c1. The first-order valence-corrected chi connectivity index (χ1v) is 9.96. The monoisotopic (exact) mass is 422 g/mol. The minimum atomic E-state index is -4.43. The summed E-state index contributed by atoms with van der Waals surface area (Å²) in [5.41, 5.74) is 1.18. The molecule has 6 nitrogen and oxygen atoms in total. The molecule has 0 aliphatic heterocycles. The van der Waals surface area contributed by atoms with E-state index in [1.807, 2.05) is 54.3 Å². The molecule has 10 heteroatoms. The summed E-state index contributed by atoms with van der Waals surface area (Å²) in [4.78, 5) is 7.91. The van der Waals surface area contributed by atoms with E-state index in [4.69, 9.17) is 0 Å². The number of benzene rings is 1. The lowest BCUT2D eigenvalue weighted by molar-refractivity contribution is -0.140. The summed E-state index contributed by atoms with van der Waals surface area (Å²) < 4.78 is 39.7. The molecule has 1 aromatic carbocycles. The summed E-state index contributed by atoms with van der Waals surface area (Å²) in [5.74, 6) is 0.534. The number of nitrogens with one attached hydrogen (secondary N) is 2. The van der Waals surface area contributed by atoms with Crippen LogP contribution in [0.1, 0.15) is 23.2 Å². The molecule has 0 unspecified atom stereocenters. The van der Waals surface area contributed by atoms with E-state index in [9.17, 15) is 13.2 Å². The third-order valence-corrected chi connectivity index (χ3v) is 4.76. The number of guanidine groups is 1. The molecular formula is C19H21F3N6S. The van der Waals surface area contributed by atoms with Gasteiger partial charge in [-0.1, -0.05) is 18.2 Å². The van der Waals surface area contributed by atoms with Crippen molar-refractivity contribution < 1.29 is 13.2 Å². The number of alkyl halides is 3. The normalized spacial score (nSPS) is 12.2. The minimum absolute atomic E-state index is 0.0853. The van der Waals surface area contributed by atoms with Crippen LogP contribution in [-0.2, 0) is 19.1 Å². The van der Waals surface area contributed by atoms with Gasteiger partial charge in [-0.15, -0.1) is 11.3 Å². The van der Waals surface area contributed by atoms with Gasteiger partial charge >= 0.3 is 6.18 Å². The molecule has 0 spiro atoms. The zero-order valence-electron chi connectivity index (χ0n) is 15.8. The summed E-state index contributed by atoms with van der Waals surface area (Å²) in [7, 11) is 0. The first-order valence-electron chi connectivity index (χ1n) is 9.08. The van der Waals surface area contributed by atoms with Crippen LogP contribution in [-0.4, -0.2) is 33.8 Å². The highest BCUT2D eigenvalue weighted by molar-refractivity contribution is 7.09. The lowest BCUT2D eigenvalue weighted by atomic mass is 10.2. The smallest absolute Gasteiger partial charge is 0.357 e. The van der Waals surface area contributed by atoms with Crippen LogP contribution < -0.4 is 10.6 Å². The van der Waals surface area contributed by atoms with Crippen molar-refractivity contribution in [3.8, 4) is 5.69 Å². The van der Waals surface area contributed by atoms with E-state index in [1.54, 1.807) is 0 Å². The molecule has 3 rings (SSSR count). The highest BCUT2D eigenvalue weighted by Crippen LogP contribution is 2.30. The number of aromatic nitrogens is 3. The van der Waals surface area contributed by atoms with E-state index >= 15 is 0 Å². The molecule has 2 heterocycles. The van der Waals surface area contributed by atoms with Crippen molar-refractivity contribution in [1.82, 2.24) is 25.4 Å². The van der Waals surface area contributed by atoms with Gasteiger partial charge in [0, 0.05) is 24.7 Å². The molecule has 29 heavy (non-hydrogen) atoms. The maximum atomic E-state index is 12.6. The summed E-state index contributed by atoms with van der Waals surface area (Å²) in [6, 6.07) is 9.83. The Hall–Kier alpha value is -2.88. The van der Waals surface area contributed by atoms with Gasteiger partial charge in [0.1, 0.15) is 5.01 Å². The van der Waals surface area contributed by atoms with Gasteiger partial charge in [0.25, 0.3) is 0 Å². The molecule has 2 N–H and O–H groups in total. The van der Waals surface area contributed by atoms with Crippen LogP contribution in [0.2, 0.25) is 0 Å². The van der Waals surface area contributed by atoms with Crippen molar-refractivity contribution in [3.63, 3.8) is 0 Å². The van der Waals surface area contributed by atoms with E-state index in [0.29, 0.717) is 24.1 Å². The van der Waals surface area contributed by atoms with Crippen LogP contribution in [0.15, 0.2) is 53.1 Å². The zero-order chi connectivity index (χ0) is 20.7. The van der Waals surface area contributed by atoms with Crippen LogP contribution in [0.25, 0.3) is 5.69 Å². The Labute approximate surface area is 170 Å². The first-order chi connectivity index (χ1) is 14.0. The lowest BCUT2D eigenvalue weighted by Crippen LogP contribution is -2.38. The lowest BCUT2D eigenvalue weighted by Gasteiger charge is -2.10. The van der Waals surface area contributed by atoms with Crippen LogP contribution in [0.3, 0.4) is 0 Å². The molecule has 0 atom stereocenters. The number of hydrogen-bond acceptors (Lipinski definition) is 4. The van der Waals surface area contributed by atoms with Crippen molar-refractivity contribution >= 4 is 17.3 Å². The third kappa shape index (κ3) is 6.05. The summed E-state index contributed by atoms with van der Waals surface area (Å²) >= 11 is 0.953. The predicted molar refractivity (Wildman–Crippen MR) is 107 cm³/mol. The number of aliphatic imine (C=N–C) groups is 1. The van der Waals surface area contributed by atoms with Crippen molar-refractivity contribution in [1.29, 1.82) is 0 Å². The maximum absolute atomic E-state index is 12.6. The maximum Gasteiger partial charge on any atom is 0.434 e. The van der Waals surface area contributed by atoms with Crippen LogP contribution in [0.4, 0.5) is 13.2 Å². The first kappa shape index (κ1) is 20.8. The zero-order valence-corrected chi connectivity index (χ0v) is 16.6. The third-order valence-electron chi connectivity index (χ3n) is 3.92. The standard InChI is InChI=1S/C19H21F3N6S/c1-2-23-18(25-11-17-27-16(13-29-17)19(20,21)22)24-9-8-14-10-26-28(12-14)15-6-4-3-5-7-15/h3-7,10,12-13H,2,8-9,11H2,1H3,(H2,23,24,25). The Morgan fingerprint density at radius 1 is 1.21 bits per heavy atom. The number of nitrogens with zero attached hydrogens (tertiary/aromatic N) is 4. The highest BCUT2D eigenvalue weighted by Gasteiger charge is 2.33. The van der Waals surface area contributed by atoms with Crippen LogP contribution in [0.5, 0.6) is 0 Å². The molecule has 0 aliphatic rings. The fraction of sp³-hybridized carbons (Fsp3) is 0.316. The van der Waals surface area contributed by atoms with E-state index in [2.05, 4.69) is 25.7 Å². The Morgan fingerprint density at radius 2 is 2.00 bits per heavy atom. The molecule has 3 aromatic rings. The van der Waals surface area contributed by atoms with Crippen LogP contribution >= 0.6 is 11.3 Å². The fourth-order valence-corrected chi connectivity index (χ4v) is 3.26. The van der Waals surface area contributed by atoms with E-state index < -0.39 is 11.9 Å². The number of hydrogen-bond donors (Lipinski definition) is 2. The van der Waals surface area contributed by atoms with Gasteiger partial charge in [-0.2, -0.15) is 18.3 Å². The topological polar surface area (TPSA) is 67.1 Å². The van der Waals surface area contributed by atoms with Gasteiger partial charge in [-0.3, -0.25) is 0 Å². The fourth-order valence-electron chi connectivity index (χ4n) is 2.54. The number of rotatable bonds is 7. The Balaban J connectivity index is 1.53. The van der Waals surface area contributed by atoms with E-state index in [-0.39, 0.29) is 6.54 Å². The second-order valence-corrected chi connectivity index (χ2v) is 7.07. The van der Waals surface area contributed by atoms with Crippen molar-refractivity contribution in [2.75, 3.05) is 13.1 Å². The molecule has 0 aliphatic carbocycles. The molecule has 0 radical (unpaired) electrons. The Bertz CT molecular complexity index is 933. The van der Waals surface area contributed by atoms with Gasteiger partial charge in [-0.05, 0) is 31.0 Å². The molecular weight excluding hydrogens is 401 g/mol. The molecule has 0 bridgehead atoms. The number of para-hydroxylation sites is 1. The second-order valence-electron chi connectivity index (χ2n) is 6.12. The molecule has 0 saturated heterocycles. The average Bonchev–Trinajstić information content (AvgIpc) is 3.36. The van der Waals surface area contributed by atoms with Crippen molar-refractivity contribution in [2.45, 2.75) is 26.1 Å². The molecule has 0 amide bonds. The second kappa shape index (κ2) is 9.55. The van der Waals surface area contributed by atoms with Crippen LogP contribution in [0, 0.1) is 0 Å². The number of halogens is 3. The minimum Gasteiger partial charge on any atom is -0.357 e. The summed E-state index contributed by atoms with van der Waals surface area (Å²) in [6.07, 6.45) is 0.0837. The molecule has 154 valence electrons. The Morgan fingerprint density at radius 3 is 2.69 bits per heavy atom. The predicted octanol–water partition coefficient (Wildman–Crippen LogP) is 3.65. The largest absolute Gasteiger partial charge is 0.434 e. The van der Waals surface area contributed by atoms with Gasteiger partial charge < -0.3 is 10.6 Å². The van der Waals surface area contributed by atoms with Gasteiger partial charge in [0.2, 0.25) is 0 Å². The molecule has 2 aromatic heterocycles. The average molecular weight is 422 g/mol. The number of thiazole rings is 1. The van der Waals surface area contributed by atoms with Crippen molar-refractivity contribution in [3.05, 3.63) is 64.4 Å². The van der Waals surface area contributed by atoms with Gasteiger partial charge in [0.05, 0.1) is 18.4 Å². The quantitative estimate of drug-likeness (QED) is 0.451. The molecule has 0 fully saturated rings. The van der Waals surface area contributed by atoms with Gasteiger partial charge in [0.15, 0.2) is 11.7 Å². The summed E-state index contributed by atoms with van der Waals surface area (Å²) in [5, 5.41) is 12.0.